The molecular weight excluding hydrogens is 290 g/mol. The molecule has 0 radical (unpaired) electrons. The minimum Gasteiger partial charge on any atom is -0.383 e. The van der Waals surface area contributed by atoms with Crippen LogP contribution in [0.15, 0.2) is 11.2 Å². The first-order chi connectivity index (χ1) is 10.2. The molecule has 0 saturated carbocycles. The molecule has 0 aliphatic rings. The molecule has 0 spiro atoms. The maximum absolute atomic E-state index is 11.6. The fraction of sp³-hybridized carbons (Fsp3) is 0.615. The Labute approximate surface area is 129 Å². The Balaban J connectivity index is 2.40. The van der Waals surface area contributed by atoms with Crippen molar-refractivity contribution in [2.75, 3.05) is 33.4 Å². The number of nitrogens with one attached hydrogen (secondary N) is 3. The van der Waals surface area contributed by atoms with Crippen LogP contribution < -0.4 is 16.0 Å². The molecule has 3 N–H and O–H groups in total. The third kappa shape index (κ3) is 7.62. The van der Waals surface area contributed by atoms with Crippen LogP contribution in [-0.2, 0) is 16.1 Å². The molecule has 0 aliphatic carbocycles. The fourth-order valence-corrected chi connectivity index (χ4v) is 2.21. The van der Waals surface area contributed by atoms with Crippen LogP contribution in [0.5, 0.6) is 0 Å². The Hall–Kier alpha value is -1.67. The second-order valence-electron chi connectivity index (χ2n) is 4.26. The standard InChI is InChI=1S/C13H23N5O2S/c1-4-14-13(17-8-11(19)15-5-6-20-3)18-9-12-16-7-10(2)21-12/h7H,4-6,8-9H2,1-3H3,(H,15,19)(H2,14,17,18). The first kappa shape index (κ1) is 17.4. The van der Waals surface area contributed by atoms with Gasteiger partial charge >= 0.3 is 0 Å². The highest BCUT2D eigenvalue weighted by atomic mass is 32.1. The van der Waals surface area contributed by atoms with Crippen LogP contribution in [0.25, 0.3) is 0 Å². The Morgan fingerprint density at radius 2 is 2.24 bits per heavy atom. The summed E-state index contributed by atoms with van der Waals surface area (Å²) in [6.07, 6.45) is 1.84. The Bertz CT molecular complexity index is 461. The van der Waals surface area contributed by atoms with E-state index in [1.165, 1.54) is 4.88 Å². The molecule has 0 aromatic carbocycles. The maximum atomic E-state index is 11.6. The van der Waals surface area contributed by atoms with Gasteiger partial charge < -0.3 is 20.7 Å². The summed E-state index contributed by atoms with van der Waals surface area (Å²) in [7, 11) is 1.60. The number of guanidine groups is 1. The van der Waals surface area contributed by atoms with Gasteiger partial charge in [-0.1, -0.05) is 0 Å². The second kappa shape index (κ2) is 10.1. The fourth-order valence-electron chi connectivity index (χ4n) is 1.48. The highest BCUT2D eigenvalue weighted by Crippen LogP contribution is 2.10. The number of carbonyl (C=O) groups excluding carboxylic acids is 1. The van der Waals surface area contributed by atoms with Gasteiger partial charge in [-0.05, 0) is 13.8 Å². The highest BCUT2D eigenvalue weighted by molar-refractivity contribution is 7.11. The molecular formula is C13H23N5O2S. The summed E-state index contributed by atoms with van der Waals surface area (Å²) >= 11 is 1.64. The van der Waals surface area contributed by atoms with E-state index in [9.17, 15) is 4.79 Å². The second-order valence-corrected chi connectivity index (χ2v) is 5.58. The SMILES string of the molecule is CCNC(=NCC(=O)NCCOC)NCc1ncc(C)s1. The highest BCUT2D eigenvalue weighted by Gasteiger charge is 2.03. The molecule has 0 atom stereocenters. The van der Waals surface area contributed by atoms with Crippen molar-refractivity contribution < 1.29 is 9.53 Å². The Morgan fingerprint density at radius 3 is 2.86 bits per heavy atom. The summed E-state index contributed by atoms with van der Waals surface area (Å²) < 4.78 is 4.86. The van der Waals surface area contributed by atoms with Crippen molar-refractivity contribution in [1.82, 2.24) is 20.9 Å². The van der Waals surface area contributed by atoms with Crippen LogP contribution in [0.2, 0.25) is 0 Å². The molecule has 1 aromatic rings. The molecule has 1 rings (SSSR count). The van der Waals surface area contributed by atoms with Crippen molar-refractivity contribution in [3.05, 3.63) is 16.1 Å². The quantitative estimate of drug-likeness (QED) is 0.364. The number of hydrogen-bond donors (Lipinski definition) is 3. The summed E-state index contributed by atoms with van der Waals surface area (Å²) in [6, 6.07) is 0. The number of rotatable bonds is 8. The lowest BCUT2D eigenvalue weighted by Gasteiger charge is -2.10. The zero-order valence-electron chi connectivity index (χ0n) is 12.7. The molecule has 0 unspecified atom stereocenters. The maximum Gasteiger partial charge on any atom is 0.241 e. The normalized spacial score (nSPS) is 11.3. The van der Waals surface area contributed by atoms with Crippen LogP contribution in [-0.4, -0.2) is 50.2 Å². The first-order valence-corrected chi connectivity index (χ1v) is 7.66. The van der Waals surface area contributed by atoms with Gasteiger partial charge in [-0.2, -0.15) is 0 Å². The van der Waals surface area contributed by atoms with Crippen molar-refractivity contribution in [2.45, 2.75) is 20.4 Å². The Kier molecular flexibility index (Phi) is 8.37. The number of hydrogen-bond acceptors (Lipinski definition) is 5. The number of aryl methyl sites for hydroxylation is 1. The van der Waals surface area contributed by atoms with Gasteiger partial charge in [0.25, 0.3) is 0 Å². The van der Waals surface area contributed by atoms with Crippen LogP contribution in [0.4, 0.5) is 0 Å². The van der Waals surface area contributed by atoms with Crippen molar-refractivity contribution >= 4 is 23.2 Å². The first-order valence-electron chi connectivity index (χ1n) is 6.84. The number of aliphatic imine (C=N–C) groups is 1. The van der Waals surface area contributed by atoms with Crippen molar-refractivity contribution in [3.8, 4) is 0 Å². The van der Waals surface area contributed by atoms with E-state index in [4.69, 9.17) is 4.74 Å². The number of thiazole rings is 1. The predicted molar refractivity (Wildman–Crippen MR) is 84.6 cm³/mol. The number of nitrogens with zero attached hydrogens (tertiary/aromatic N) is 2. The van der Waals surface area contributed by atoms with Gasteiger partial charge in [0.05, 0.1) is 13.2 Å². The van der Waals surface area contributed by atoms with Crippen LogP contribution in [0.1, 0.15) is 16.8 Å². The zero-order chi connectivity index (χ0) is 15.5. The summed E-state index contributed by atoms with van der Waals surface area (Å²) in [6.45, 7) is 6.39. The van der Waals surface area contributed by atoms with E-state index in [1.54, 1.807) is 18.4 Å². The lowest BCUT2D eigenvalue weighted by Crippen LogP contribution is -2.38. The van der Waals surface area contributed by atoms with E-state index in [2.05, 4.69) is 25.9 Å². The number of methoxy groups -OCH3 is 1. The molecule has 0 saturated heterocycles. The minimum absolute atomic E-state index is 0.0793. The number of amides is 1. The molecule has 118 valence electrons. The molecule has 1 aromatic heterocycles. The largest absolute Gasteiger partial charge is 0.383 e. The molecule has 21 heavy (non-hydrogen) atoms. The number of aromatic nitrogens is 1. The van der Waals surface area contributed by atoms with Gasteiger partial charge in [0.2, 0.25) is 5.91 Å². The van der Waals surface area contributed by atoms with E-state index in [0.717, 1.165) is 11.6 Å². The number of carbonyl (C=O) groups is 1. The van der Waals surface area contributed by atoms with Gasteiger partial charge in [-0.3, -0.25) is 4.79 Å². The van der Waals surface area contributed by atoms with E-state index >= 15 is 0 Å². The van der Waals surface area contributed by atoms with Gasteiger partial charge in [0.1, 0.15) is 11.6 Å². The number of ether oxygens (including phenoxy) is 1. The van der Waals surface area contributed by atoms with Crippen LogP contribution in [0.3, 0.4) is 0 Å². The van der Waals surface area contributed by atoms with Gasteiger partial charge in [0, 0.05) is 31.3 Å². The predicted octanol–water partition coefficient (Wildman–Crippen LogP) is 0.269. The van der Waals surface area contributed by atoms with Gasteiger partial charge in [-0.15, -0.1) is 11.3 Å². The van der Waals surface area contributed by atoms with E-state index in [0.29, 0.717) is 25.7 Å². The van der Waals surface area contributed by atoms with Crippen molar-refractivity contribution in [3.63, 3.8) is 0 Å². The molecule has 0 fully saturated rings. The molecule has 7 nitrogen and oxygen atoms in total. The molecule has 8 heteroatoms. The summed E-state index contributed by atoms with van der Waals surface area (Å²) in [4.78, 5) is 21.2. The Morgan fingerprint density at radius 1 is 1.43 bits per heavy atom. The molecule has 0 aliphatic heterocycles. The van der Waals surface area contributed by atoms with Crippen molar-refractivity contribution in [1.29, 1.82) is 0 Å². The zero-order valence-corrected chi connectivity index (χ0v) is 13.5. The van der Waals surface area contributed by atoms with Crippen molar-refractivity contribution in [2.24, 2.45) is 4.99 Å². The van der Waals surface area contributed by atoms with Crippen LogP contribution >= 0.6 is 11.3 Å². The average molecular weight is 313 g/mol. The summed E-state index contributed by atoms with van der Waals surface area (Å²) in [5, 5.41) is 9.96. The van der Waals surface area contributed by atoms with E-state index in [1.807, 2.05) is 20.0 Å². The topological polar surface area (TPSA) is 87.6 Å². The third-order valence-corrected chi connectivity index (χ3v) is 3.34. The van der Waals surface area contributed by atoms with Crippen LogP contribution in [0, 0.1) is 6.92 Å². The lowest BCUT2D eigenvalue weighted by molar-refractivity contribution is -0.119. The smallest absolute Gasteiger partial charge is 0.241 e. The third-order valence-electron chi connectivity index (χ3n) is 2.43. The van der Waals surface area contributed by atoms with Gasteiger partial charge in [-0.25, -0.2) is 9.98 Å². The lowest BCUT2D eigenvalue weighted by atomic mass is 10.5. The molecule has 1 amide bonds. The van der Waals surface area contributed by atoms with Gasteiger partial charge in [0.15, 0.2) is 5.96 Å². The monoisotopic (exact) mass is 313 g/mol. The molecule has 1 heterocycles. The average Bonchev–Trinajstić information content (AvgIpc) is 2.88. The summed E-state index contributed by atoms with van der Waals surface area (Å²) in [5.74, 6) is 0.474. The molecule has 0 bridgehead atoms. The van der Waals surface area contributed by atoms with E-state index in [-0.39, 0.29) is 12.5 Å². The van der Waals surface area contributed by atoms with E-state index < -0.39 is 0 Å². The minimum atomic E-state index is -0.130. The summed E-state index contributed by atoms with van der Waals surface area (Å²) in [5.41, 5.74) is 0.